The molecule has 16 heavy (non-hydrogen) atoms. The first-order chi connectivity index (χ1) is 7.50. The Morgan fingerprint density at radius 2 is 1.88 bits per heavy atom. The van der Waals surface area contributed by atoms with Crippen LogP contribution in [-0.4, -0.2) is 11.9 Å². The number of carbonyl (C=O) groups excluding carboxylic acids is 2. The van der Waals surface area contributed by atoms with Crippen molar-refractivity contribution in [2.24, 2.45) is 0 Å². The number of anilines is 1. The van der Waals surface area contributed by atoms with Crippen LogP contribution in [0.5, 0.6) is 5.75 Å². The minimum atomic E-state index is -0.516. The summed E-state index contributed by atoms with van der Waals surface area (Å²) in [5, 5.41) is 2.57. The van der Waals surface area contributed by atoms with E-state index in [1.807, 2.05) is 0 Å². The lowest BCUT2D eigenvalue weighted by atomic mass is 10.3. The number of ether oxygens (including phenoxy) is 1. The second-order valence-electron chi connectivity index (χ2n) is 3.35. The molecule has 4 nitrogen and oxygen atoms in total. The Bertz CT molecular complexity index is 438. The highest BCUT2D eigenvalue weighted by molar-refractivity contribution is 5.93. The molecule has 1 aromatic carbocycles. The van der Waals surface area contributed by atoms with Crippen molar-refractivity contribution in [3.63, 3.8) is 0 Å². The highest BCUT2D eigenvalue weighted by Gasteiger charge is 2.09. The van der Waals surface area contributed by atoms with Gasteiger partial charge in [-0.2, -0.15) is 0 Å². The summed E-state index contributed by atoms with van der Waals surface area (Å²) in [5.41, 5.74) is 0.766. The van der Waals surface area contributed by atoms with Crippen LogP contribution in [0.15, 0.2) is 36.4 Å². The van der Waals surface area contributed by atoms with Gasteiger partial charge in [-0.15, -0.1) is 0 Å². The zero-order chi connectivity index (χ0) is 12.1. The third-order valence-corrected chi connectivity index (χ3v) is 1.75. The van der Waals surface area contributed by atoms with Crippen LogP contribution in [0.2, 0.25) is 0 Å². The van der Waals surface area contributed by atoms with Gasteiger partial charge in [-0.25, -0.2) is 4.79 Å². The van der Waals surface area contributed by atoms with Crippen molar-refractivity contribution in [2.45, 2.75) is 13.8 Å². The summed E-state index contributed by atoms with van der Waals surface area (Å²) in [4.78, 5) is 22.2. The first-order valence-corrected chi connectivity index (χ1v) is 4.75. The van der Waals surface area contributed by atoms with E-state index < -0.39 is 5.97 Å². The topological polar surface area (TPSA) is 55.4 Å². The number of amides is 1. The van der Waals surface area contributed by atoms with Crippen LogP contribution in [0.1, 0.15) is 13.8 Å². The quantitative estimate of drug-likeness (QED) is 0.481. The van der Waals surface area contributed by atoms with E-state index in [4.69, 9.17) is 4.74 Å². The normalized spacial score (nSPS) is 9.38. The molecule has 1 amide bonds. The molecule has 0 saturated heterocycles. The molecule has 0 aliphatic heterocycles. The molecule has 1 aromatic rings. The summed E-state index contributed by atoms with van der Waals surface area (Å²) in [6, 6.07) is 6.71. The lowest BCUT2D eigenvalue weighted by molar-refractivity contribution is -0.130. The number of esters is 1. The molecule has 0 aliphatic carbocycles. The highest BCUT2D eigenvalue weighted by atomic mass is 16.5. The van der Waals surface area contributed by atoms with Gasteiger partial charge in [0, 0.05) is 12.5 Å². The molecule has 0 unspecified atom stereocenters. The number of nitrogens with one attached hydrogen (secondary N) is 1. The molecule has 1 N–H and O–H groups in total. The predicted octanol–water partition coefficient (Wildman–Crippen LogP) is 2.13. The Labute approximate surface area is 93.9 Å². The van der Waals surface area contributed by atoms with Crippen molar-refractivity contribution >= 4 is 17.6 Å². The largest absolute Gasteiger partial charge is 0.421 e. The summed E-state index contributed by atoms with van der Waals surface area (Å²) in [6.45, 7) is 6.43. The molecule has 0 spiro atoms. The Morgan fingerprint density at radius 3 is 2.44 bits per heavy atom. The van der Waals surface area contributed by atoms with E-state index in [9.17, 15) is 9.59 Å². The molecule has 0 aromatic heterocycles. The smallest absolute Gasteiger partial charge is 0.338 e. The van der Waals surface area contributed by atoms with Gasteiger partial charge in [-0.1, -0.05) is 18.7 Å². The summed E-state index contributed by atoms with van der Waals surface area (Å²) in [6.07, 6.45) is 0. The number of hydrogen-bond acceptors (Lipinski definition) is 3. The summed E-state index contributed by atoms with van der Waals surface area (Å²) >= 11 is 0. The van der Waals surface area contributed by atoms with Crippen LogP contribution in [0.3, 0.4) is 0 Å². The minimum absolute atomic E-state index is 0.223. The van der Waals surface area contributed by atoms with E-state index in [1.54, 1.807) is 31.2 Å². The van der Waals surface area contributed by atoms with Crippen molar-refractivity contribution in [1.82, 2.24) is 0 Å². The fourth-order valence-electron chi connectivity index (χ4n) is 1.04. The van der Waals surface area contributed by atoms with Gasteiger partial charge in [-0.3, -0.25) is 4.79 Å². The first-order valence-electron chi connectivity index (χ1n) is 4.75. The van der Waals surface area contributed by atoms with E-state index in [0.717, 1.165) is 0 Å². The molecule has 0 atom stereocenters. The predicted molar refractivity (Wildman–Crippen MR) is 61.2 cm³/mol. The molecule has 0 aliphatic rings. The molecule has 0 bridgehead atoms. The standard InChI is InChI=1S/C12H13NO3/c1-8(2)12(15)16-11-7-5-4-6-10(11)13-9(3)14/h4-7H,1H2,2-3H3,(H,13,14). The van der Waals surface area contributed by atoms with Crippen LogP contribution in [0.4, 0.5) is 5.69 Å². The second-order valence-corrected chi connectivity index (χ2v) is 3.35. The molecule has 0 fully saturated rings. The van der Waals surface area contributed by atoms with Gasteiger partial charge in [-0.05, 0) is 19.1 Å². The van der Waals surface area contributed by atoms with Crippen LogP contribution in [0, 0.1) is 0 Å². The van der Waals surface area contributed by atoms with E-state index in [-0.39, 0.29) is 5.91 Å². The first kappa shape index (κ1) is 12.0. The van der Waals surface area contributed by atoms with Crippen molar-refractivity contribution in [2.75, 3.05) is 5.32 Å². The number of hydrogen-bond donors (Lipinski definition) is 1. The zero-order valence-electron chi connectivity index (χ0n) is 9.24. The molecular weight excluding hydrogens is 206 g/mol. The van der Waals surface area contributed by atoms with Gasteiger partial charge in [0.2, 0.25) is 5.91 Å². The average molecular weight is 219 g/mol. The van der Waals surface area contributed by atoms with Crippen molar-refractivity contribution < 1.29 is 14.3 Å². The zero-order valence-corrected chi connectivity index (χ0v) is 9.24. The van der Waals surface area contributed by atoms with Crippen LogP contribution >= 0.6 is 0 Å². The van der Waals surface area contributed by atoms with E-state index in [2.05, 4.69) is 11.9 Å². The second kappa shape index (κ2) is 5.11. The highest BCUT2D eigenvalue weighted by Crippen LogP contribution is 2.24. The maximum absolute atomic E-state index is 11.3. The van der Waals surface area contributed by atoms with Gasteiger partial charge in [0.25, 0.3) is 0 Å². The Hall–Kier alpha value is -2.10. The van der Waals surface area contributed by atoms with Gasteiger partial charge in [0.15, 0.2) is 5.75 Å². The third-order valence-electron chi connectivity index (χ3n) is 1.75. The Balaban J connectivity index is 2.90. The average Bonchev–Trinajstić information content (AvgIpc) is 2.20. The van der Waals surface area contributed by atoms with E-state index in [1.165, 1.54) is 6.92 Å². The van der Waals surface area contributed by atoms with Gasteiger partial charge >= 0.3 is 5.97 Å². The molecule has 1 rings (SSSR count). The van der Waals surface area contributed by atoms with E-state index >= 15 is 0 Å². The monoisotopic (exact) mass is 219 g/mol. The summed E-state index contributed by atoms with van der Waals surface area (Å²) in [5.74, 6) is -0.428. The fraction of sp³-hybridized carbons (Fsp3) is 0.167. The summed E-state index contributed by atoms with van der Waals surface area (Å²) in [7, 11) is 0. The minimum Gasteiger partial charge on any atom is -0.421 e. The number of rotatable bonds is 3. The molecule has 4 heteroatoms. The molecule has 0 radical (unpaired) electrons. The summed E-state index contributed by atoms with van der Waals surface area (Å²) < 4.78 is 5.05. The maximum Gasteiger partial charge on any atom is 0.338 e. The number of para-hydroxylation sites is 2. The Kier molecular flexibility index (Phi) is 3.83. The van der Waals surface area contributed by atoms with E-state index in [0.29, 0.717) is 17.0 Å². The van der Waals surface area contributed by atoms with Gasteiger partial charge in [0.1, 0.15) is 0 Å². The lowest BCUT2D eigenvalue weighted by Crippen LogP contribution is -2.12. The SMILES string of the molecule is C=C(C)C(=O)Oc1ccccc1NC(C)=O. The molecule has 0 heterocycles. The van der Waals surface area contributed by atoms with Gasteiger partial charge < -0.3 is 10.1 Å². The third kappa shape index (κ3) is 3.24. The van der Waals surface area contributed by atoms with Crippen molar-refractivity contribution in [1.29, 1.82) is 0 Å². The van der Waals surface area contributed by atoms with Crippen molar-refractivity contribution in [3.8, 4) is 5.75 Å². The van der Waals surface area contributed by atoms with Crippen LogP contribution in [0.25, 0.3) is 0 Å². The van der Waals surface area contributed by atoms with Crippen LogP contribution < -0.4 is 10.1 Å². The van der Waals surface area contributed by atoms with Crippen LogP contribution in [-0.2, 0) is 9.59 Å². The Morgan fingerprint density at radius 1 is 1.25 bits per heavy atom. The molecule has 0 saturated carbocycles. The number of benzene rings is 1. The lowest BCUT2D eigenvalue weighted by Gasteiger charge is -2.09. The van der Waals surface area contributed by atoms with Gasteiger partial charge in [0.05, 0.1) is 5.69 Å². The maximum atomic E-state index is 11.3. The fourth-order valence-corrected chi connectivity index (χ4v) is 1.04. The number of carbonyl (C=O) groups is 2. The molecule has 84 valence electrons. The van der Waals surface area contributed by atoms with Crippen molar-refractivity contribution in [3.05, 3.63) is 36.4 Å². The molecular formula is C12H13NO3.